The van der Waals surface area contributed by atoms with Gasteiger partial charge in [-0.05, 0) is 78.7 Å². The minimum atomic E-state index is -0.461. The zero-order valence-corrected chi connectivity index (χ0v) is 20.4. The molecule has 0 aliphatic heterocycles. The van der Waals surface area contributed by atoms with Crippen LogP contribution in [0.15, 0.2) is 115 Å². The van der Waals surface area contributed by atoms with Crippen LogP contribution < -0.4 is 9.64 Å². The summed E-state index contributed by atoms with van der Waals surface area (Å²) in [5.74, 6) is -0.429. The number of nitrogens with zero attached hydrogens (tertiary/aromatic N) is 1. The Bertz CT molecular complexity index is 1440. The van der Waals surface area contributed by atoms with E-state index in [0.717, 1.165) is 33.4 Å². The van der Waals surface area contributed by atoms with Crippen molar-refractivity contribution < 1.29 is 19.1 Å². The van der Waals surface area contributed by atoms with Gasteiger partial charge in [0, 0.05) is 28.2 Å². The van der Waals surface area contributed by atoms with Gasteiger partial charge in [-0.1, -0.05) is 55.6 Å². The second kappa shape index (κ2) is 10.7. The van der Waals surface area contributed by atoms with E-state index in [4.69, 9.17) is 9.47 Å². The molecule has 0 bridgehead atoms. The maximum absolute atomic E-state index is 11.9. The van der Waals surface area contributed by atoms with Crippen LogP contribution in [0, 0.1) is 0 Å². The first-order valence-corrected chi connectivity index (χ1v) is 11.5. The van der Waals surface area contributed by atoms with Gasteiger partial charge in [-0.25, -0.2) is 9.59 Å². The maximum Gasteiger partial charge on any atom is 0.338 e. The number of carbonyl (C=O) groups excluding carboxylic acids is 2. The molecule has 4 aromatic carbocycles. The fraction of sp³-hybridized carbons (Fsp3) is 0.0968. The van der Waals surface area contributed by atoms with Crippen molar-refractivity contribution >= 4 is 39.8 Å². The highest BCUT2D eigenvalue weighted by Crippen LogP contribution is 2.37. The van der Waals surface area contributed by atoms with Crippen molar-refractivity contribution in [3.63, 3.8) is 0 Å². The summed E-state index contributed by atoms with van der Waals surface area (Å²) in [5.41, 5.74) is 4.36. The van der Waals surface area contributed by atoms with Crippen LogP contribution in [0.5, 0.6) is 5.75 Å². The van der Waals surface area contributed by atoms with Crippen LogP contribution in [0.4, 0.5) is 17.1 Å². The van der Waals surface area contributed by atoms with Crippen molar-refractivity contribution in [3.05, 3.63) is 121 Å². The molecule has 4 rings (SSSR count). The van der Waals surface area contributed by atoms with E-state index in [-0.39, 0.29) is 6.61 Å². The molecule has 0 fully saturated rings. The smallest absolute Gasteiger partial charge is 0.338 e. The highest BCUT2D eigenvalue weighted by Gasteiger charge is 2.14. The van der Waals surface area contributed by atoms with Gasteiger partial charge in [-0.15, -0.1) is 0 Å². The molecule has 4 aromatic rings. The predicted octanol–water partition coefficient (Wildman–Crippen LogP) is 7.41. The van der Waals surface area contributed by atoms with Crippen LogP contribution in [0.25, 0.3) is 10.8 Å². The highest BCUT2D eigenvalue weighted by atomic mass is 16.5. The lowest BCUT2D eigenvalue weighted by molar-refractivity contribution is -0.140. The summed E-state index contributed by atoms with van der Waals surface area (Å²) < 4.78 is 10.6. The lowest BCUT2D eigenvalue weighted by Gasteiger charge is -2.26. The van der Waals surface area contributed by atoms with E-state index in [1.54, 1.807) is 26.0 Å². The Kier molecular flexibility index (Phi) is 7.31. The number of hydrogen-bond acceptors (Lipinski definition) is 5. The molecule has 0 N–H and O–H groups in total. The van der Waals surface area contributed by atoms with Gasteiger partial charge in [0.1, 0.15) is 12.4 Å². The maximum atomic E-state index is 11.9. The third-order valence-corrected chi connectivity index (χ3v) is 5.56. The standard InChI is InChI=1S/C31H27NO4/c1-21(2)30(33)35-20-23-9-12-26(13-10-23)32(28-14-11-24-7-5-6-8-25(24)19-28)27-15-17-29(18-16-27)36-31(34)22(3)4/h5-19H,1,3,20H2,2,4H3. The fourth-order valence-corrected chi connectivity index (χ4v) is 3.63. The molecule has 0 saturated carbocycles. The predicted molar refractivity (Wildman–Crippen MR) is 144 cm³/mol. The number of carbonyl (C=O) groups is 2. The molecule has 5 nitrogen and oxygen atoms in total. The van der Waals surface area contributed by atoms with E-state index < -0.39 is 11.9 Å². The first-order valence-electron chi connectivity index (χ1n) is 11.5. The molecule has 0 aliphatic carbocycles. The van der Waals surface area contributed by atoms with E-state index in [2.05, 4.69) is 48.4 Å². The molecule has 36 heavy (non-hydrogen) atoms. The number of rotatable bonds is 8. The summed E-state index contributed by atoms with van der Waals surface area (Å²) in [7, 11) is 0. The molecule has 180 valence electrons. The Labute approximate surface area is 210 Å². The van der Waals surface area contributed by atoms with E-state index in [1.807, 2.05) is 48.5 Å². The summed E-state index contributed by atoms with van der Waals surface area (Å²) >= 11 is 0. The summed E-state index contributed by atoms with van der Waals surface area (Å²) in [6.45, 7) is 10.6. The van der Waals surface area contributed by atoms with Crippen LogP contribution in [0.2, 0.25) is 0 Å². The van der Waals surface area contributed by atoms with E-state index >= 15 is 0 Å². The molecule has 0 unspecified atom stereocenters. The summed E-state index contributed by atoms with van der Waals surface area (Å²) in [6, 6.07) is 29.6. The Morgan fingerprint density at radius 1 is 0.694 bits per heavy atom. The molecule has 0 atom stereocenters. The largest absolute Gasteiger partial charge is 0.457 e. The average molecular weight is 478 g/mol. The molecule has 0 aromatic heterocycles. The molecule has 0 saturated heterocycles. The van der Waals surface area contributed by atoms with Crippen molar-refractivity contribution in [2.45, 2.75) is 20.5 Å². The lowest BCUT2D eigenvalue weighted by Crippen LogP contribution is -2.11. The Balaban J connectivity index is 1.68. The SMILES string of the molecule is C=C(C)C(=O)OCc1ccc(N(c2ccc(OC(=O)C(=C)C)cc2)c2ccc3ccccc3c2)cc1. The number of anilines is 3. The molecule has 0 heterocycles. The lowest BCUT2D eigenvalue weighted by atomic mass is 10.1. The number of ether oxygens (including phenoxy) is 2. The van der Waals surface area contributed by atoms with Crippen LogP contribution in [-0.4, -0.2) is 11.9 Å². The average Bonchev–Trinajstić information content (AvgIpc) is 2.89. The number of esters is 2. The zero-order valence-electron chi connectivity index (χ0n) is 20.4. The van der Waals surface area contributed by atoms with Gasteiger partial charge in [0.15, 0.2) is 0 Å². The van der Waals surface area contributed by atoms with E-state index in [1.165, 1.54) is 0 Å². The van der Waals surface area contributed by atoms with Gasteiger partial charge in [0.2, 0.25) is 0 Å². The highest BCUT2D eigenvalue weighted by molar-refractivity contribution is 5.90. The summed E-state index contributed by atoms with van der Waals surface area (Å²) in [4.78, 5) is 25.7. The Morgan fingerprint density at radius 2 is 1.25 bits per heavy atom. The molecule has 0 radical (unpaired) electrons. The quantitative estimate of drug-likeness (QED) is 0.150. The molecular formula is C31H27NO4. The van der Waals surface area contributed by atoms with Crippen LogP contribution >= 0.6 is 0 Å². The first kappa shape index (κ1) is 24.5. The second-order valence-electron chi connectivity index (χ2n) is 8.55. The van der Waals surface area contributed by atoms with E-state index in [0.29, 0.717) is 16.9 Å². The van der Waals surface area contributed by atoms with Crippen molar-refractivity contribution in [1.82, 2.24) is 0 Å². The molecule has 0 amide bonds. The summed E-state index contributed by atoms with van der Waals surface area (Å²) in [5, 5.41) is 2.27. The number of benzene rings is 4. The molecular weight excluding hydrogens is 450 g/mol. The zero-order chi connectivity index (χ0) is 25.7. The fourth-order valence-electron chi connectivity index (χ4n) is 3.63. The normalized spacial score (nSPS) is 10.5. The van der Waals surface area contributed by atoms with Crippen molar-refractivity contribution in [2.24, 2.45) is 0 Å². The molecule has 5 heteroatoms. The van der Waals surface area contributed by atoms with Gasteiger partial charge in [0.25, 0.3) is 0 Å². The minimum absolute atomic E-state index is 0.171. The second-order valence-corrected chi connectivity index (χ2v) is 8.55. The van der Waals surface area contributed by atoms with Gasteiger partial charge in [0.05, 0.1) is 0 Å². The topological polar surface area (TPSA) is 55.8 Å². The van der Waals surface area contributed by atoms with Gasteiger partial charge in [-0.3, -0.25) is 0 Å². The molecule has 0 aliphatic rings. The minimum Gasteiger partial charge on any atom is -0.457 e. The van der Waals surface area contributed by atoms with Crippen LogP contribution in [0.1, 0.15) is 19.4 Å². The van der Waals surface area contributed by atoms with Crippen molar-refractivity contribution in [2.75, 3.05) is 4.90 Å². The summed E-state index contributed by atoms with van der Waals surface area (Å²) in [6.07, 6.45) is 0. The number of fused-ring (bicyclic) bond motifs is 1. The van der Waals surface area contributed by atoms with Gasteiger partial charge < -0.3 is 14.4 Å². The van der Waals surface area contributed by atoms with E-state index in [9.17, 15) is 9.59 Å². The third-order valence-electron chi connectivity index (χ3n) is 5.56. The Morgan fingerprint density at radius 3 is 1.86 bits per heavy atom. The van der Waals surface area contributed by atoms with Gasteiger partial charge in [-0.2, -0.15) is 0 Å². The van der Waals surface area contributed by atoms with Crippen LogP contribution in [-0.2, 0) is 20.9 Å². The monoisotopic (exact) mass is 477 g/mol. The van der Waals surface area contributed by atoms with Gasteiger partial charge >= 0.3 is 11.9 Å². The Hall–Kier alpha value is -4.64. The third kappa shape index (κ3) is 5.70. The molecule has 0 spiro atoms. The number of hydrogen-bond donors (Lipinski definition) is 0. The van der Waals surface area contributed by atoms with Crippen LogP contribution in [0.3, 0.4) is 0 Å². The van der Waals surface area contributed by atoms with Crippen molar-refractivity contribution in [1.29, 1.82) is 0 Å². The van der Waals surface area contributed by atoms with Crippen molar-refractivity contribution in [3.8, 4) is 5.75 Å². The first-order chi connectivity index (χ1) is 17.3.